The molecule has 0 unspecified atom stereocenters. The molecule has 0 atom stereocenters. The van der Waals surface area contributed by atoms with Crippen LogP contribution in [0.25, 0.3) is 98.7 Å². The van der Waals surface area contributed by atoms with Gasteiger partial charge in [-0.25, -0.2) is 0 Å². The highest BCUT2D eigenvalue weighted by Gasteiger charge is 2.21. The first kappa shape index (κ1) is 25.4. The van der Waals surface area contributed by atoms with Gasteiger partial charge < -0.3 is 0 Å². The zero-order valence-electron chi connectivity index (χ0n) is 25.2. The molecule has 1 aliphatic carbocycles. The number of hydrogen-bond acceptors (Lipinski definition) is 0. The van der Waals surface area contributed by atoms with Gasteiger partial charge >= 0.3 is 0 Å². The average molecular weight is 581 g/mol. The van der Waals surface area contributed by atoms with Gasteiger partial charge in [0.05, 0.1) is 0 Å². The van der Waals surface area contributed by atoms with Gasteiger partial charge in [0.2, 0.25) is 0 Å². The maximum Gasteiger partial charge on any atom is -0.00259 e. The van der Waals surface area contributed by atoms with Crippen molar-refractivity contribution in [2.45, 2.75) is 0 Å². The Balaban J connectivity index is 1.08. The van der Waals surface area contributed by atoms with Crippen molar-refractivity contribution in [2.75, 3.05) is 0 Å². The summed E-state index contributed by atoms with van der Waals surface area (Å²) in [6.07, 6.45) is 0. The third kappa shape index (κ3) is 3.74. The van der Waals surface area contributed by atoms with E-state index in [1.807, 2.05) is 0 Å². The predicted octanol–water partition coefficient (Wildman–Crippen LogP) is 12.9. The molecule has 0 saturated carbocycles. The first-order valence-corrected chi connectivity index (χ1v) is 16.0. The Kier molecular flexibility index (Phi) is 5.38. The fraction of sp³-hybridized carbons (Fsp3) is 0. The molecule has 0 spiro atoms. The lowest BCUT2D eigenvalue weighted by molar-refractivity contribution is 1.59. The molecule has 0 bridgehead atoms. The van der Waals surface area contributed by atoms with E-state index in [4.69, 9.17) is 0 Å². The molecule has 0 nitrogen and oxygen atoms in total. The van der Waals surface area contributed by atoms with Crippen LogP contribution in [0, 0.1) is 0 Å². The maximum absolute atomic E-state index is 2.39. The minimum Gasteiger partial charge on any atom is -0.0616 e. The fourth-order valence-electron chi connectivity index (χ4n) is 7.83. The van der Waals surface area contributed by atoms with Crippen LogP contribution in [-0.2, 0) is 0 Å². The van der Waals surface area contributed by atoms with Gasteiger partial charge in [-0.1, -0.05) is 140 Å². The molecule has 46 heavy (non-hydrogen) atoms. The largest absolute Gasteiger partial charge is 0.0616 e. The molecule has 0 radical (unpaired) electrons. The SMILES string of the molecule is c1cc(-c2cccc(-c3ccc4c5ccccc5c5ccccc5c4c3)c2)cc(-c2cc3c4c(cccc4c2)-c2ccccc2-3)c1. The van der Waals surface area contributed by atoms with Crippen LogP contribution in [0.15, 0.2) is 170 Å². The summed E-state index contributed by atoms with van der Waals surface area (Å²) in [4.78, 5) is 0. The summed E-state index contributed by atoms with van der Waals surface area (Å²) in [5.74, 6) is 0. The second kappa shape index (κ2) is 9.76. The Morgan fingerprint density at radius 1 is 0.217 bits per heavy atom. The summed E-state index contributed by atoms with van der Waals surface area (Å²) >= 11 is 0. The Labute approximate surface area is 267 Å². The van der Waals surface area contributed by atoms with Crippen LogP contribution in [0.1, 0.15) is 0 Å². The molecular weight excluding hydrogens is 553 g/mol. The summed E-state index contributed by atoms with van der Waals surface area (Å²) in [6.45, 7) is 0. The second-order valence-corrected chi connectivity index (χ2v) is 12.5. The fourth-order valence-corrected chi connectivity index (χ4v) is 7.83. The van der Waals surface area contributed by atoms with E-state index >= 15 is 0 Å². The monoisotopic (exact) mass is 580 g/mol. The standard InChI is InChI=1S/C46H28/c1-2-17-38-36(15-1)37-16-3-5-19-40(37)44-27-33(22-23-42(38)44)31-12-7-10-29(24-31)30-11-8-13-32(25-30)35-26-34-14-9-21-43-39-18-4-6-20-41(39)45(28-35)46(34)43/h1-28H. The van der Waals surface area contributed by atoms with Gasteiger partial charge in [0.1, 0.15) is 0 Å². The van der Waals surface area contributed by atoms with Crippen LogP contribution < -0.4 is 0 Å². The maximum atomic E-state index is 2.39. The summed E-state index contributed by atoms with van der Waals surface area (Å²) in [5.41, 5.74) is 12.7. The molecule has 0 amide bonds. The van der Waals surface area contributed by atoms with Crippen molar-refractivity contribution in [3.63, 3.8) is 0 Å². The lowest BCUT2D eigenvalue weighted by Crippen LogP contribution is -1.86. The van der Waals surface area contributed by atoms with Gasteiger partial charge in [0.25, 0.3) is 0 Å². The molecule has 0 saturated heterocycles. The quantitative estimate of drug-likeness (QED) is 0.182. The highest BCUT2D eigenvalue weighted by atomic mass is 14.2. The first-order valence-electron chi connectivity index (χ1n) is 16.0. The van der Waals surface area contributed by atoms with Crippen molar-refractivity contribution in [2.24, 2.45) is 0 Å². The Hall–Kier alpha value is -5.98. The number of rotatable bonds is 3. The van der Waals surface area contributed by atoms with Crippen LogP contribution in [0.2, 0.25) is 0 Å². The van der Waals surface area contributed by atoms with Crippen LogP contribution in [-0.4, -0.2) is 0 Å². The third-order valence-electron chi connectivity index (χ3n) is 9.95. The van der Waals surface area contributed by atoms with Gasteiger partial charge in [0.15, 0.2) is 0 Å². The lowest BCUT2D eigenvalue weighted by Gasteiger charge is -2.13. The lowest BCUT2D eigenvalue weighted by atomic mass is 9.91. The van der Waals surface area contributed by atoms with Crippen LogP contribution in [0.5, 0.6) is 0 Å². The van der Waals surface area contributed by atoms with E-state index in [2.05, 4.69) is 170 Å². The van der Waals surface area contributed by atoms with E-state index in [9.17, 15) is 0 Å². The van der Waals surface area contributed by atoms with Gasteiger partial charge in [-0.3, -0.25) is 0 Å². The molecular formula is C46H28. The molecule has 0 aromatic heterocycles. The van der Waals surface area contributed by atoms with Gasteiger partial charge in [-0.2, -0.15) is 0 Å². The van der Waals surface area contributed by atoms with Gasteiger partial charge in [-0.05, 0) is 129 Å². The van der Waals surface area contributed by atoms with Crippen molar-refractivity contribution < 1.29 is 0 Å². The van der Waals surface area contributed by atoms with Crippen LogP contribution >= 0.6 is 0 Å². The van der Waals surface area contributed by atoms with Crippen molar-refractivity contribution in [3.05, 3.63) is 170 Å². The molecule has 9 aromatic carbocycles. The second-order valence-electron chi connectivity index (χ2n) is 12.5. The van der Waals surface area contributed by atoms with E-state index < -0.39 is 0 Å². The zero-order valence-corrected chi connectivity index (χ0v) is 25.2. The first-order chi connectivity index (χ1) is 22.8. The van der Waals surface area contributed by atoms with Crippen molar-refractivity contribution in [3.8, 4) is 55.6 Å². The highest BCUT2D eigenvalue weighted by molar-refractivity contribution is 6.25. The Morgan fingerprint density at radius 2 is 0.674 bits per heavy atom. The summed E-state index contributed by atoms with van der Waals surface area (Å²) in [7, 11) is 0. The molecule has 212 valence electrons. The molecule has 0 heteroatoms. The molecule has 9 aromatic rings. The van der Waals surface area contributed by atoms with E-state index in [1.165, 1.54) is 98.7 Å². The predicted molar refractivity (Wildman–Crippen MR) is 197 cm³/mol. The van der Waals surface area contributed by atoms with E-state index in [1.54, 1.807) is 0 Å². The number of hydrogen-bond donors (Lipinski definition) is 0. The van der Waals surface area contributed by atoms with Gasteiger partial charge in [0, 0.05) is 0 Å². The minimum absolute atomic E-state index is 1.22. The minimum atomic E-state index is 1.22. The molecule has 0 heterocycles. The van der Waals surface area contributed by atoms with Crippen molar-refractivity contribution in [1.82, 2.24) is 0 Å². The topological polar surface area (TPSA) is 0 Å². The molecule has 0 aliphatic heterocycles. The summed E-state index contributed by atoms with van der Waals surface area (Å²) < 4.78 is 0. The summed E-state index contributed by atoms with van der Waals surface area (Å²) in [5, 5.41) is 10.5. The van der Waals surface area contributed by atoms with Crippen LogP contribution in [0.4, 0.5) is 0 Å². The number of benzene rings is 9. The molecule has 10 rings (SSSR count). The van der Waals surface area contributed by atoms with Crippen molar-refractivity contribution >= 4 is 43.1 Å². The normalized spacial score (nSPS) is 11.9. The van der Waals surface area contributed by atoms with Gasteiger partial charge in [-0.15, -0.1) is 0 Å². The highest BCUT2D eigenvalue weighted by Crippen LogP contribution is 2.48. The van der Waals surface area contributed by atoms with Crippen LogP contribution in [0.3, 0.4) is 0 Å². The average Bonchev–Trinajstić information content (AvgIpc) is 3.46. The Morgan fingerprint density at radius 3 is 1.30 bits per heavy atom. The Bertz CT molecular complexity index is 2660. The molecule has 1 aliphatic rings. The zero-order chi connectivity index (χ0) is 30.2. The molecule has 0 fully saturated rings. The van der Waals surface area contributed by atoms with E-state index in [0.29, 0.717) is 0 Å². The van der Waals surface area contributed by atoms with Crippen molar-refractivity contribution in [1.29, 1.82) is 0 Å². The van der Waals surface area contributed by atoms with E-state index in [-0.39, 0.29) is 0 Å². The van der Waals surface area contributed by atoms with E-state index in [0.717, 1.165) is 0 Å². The molecule has 0 N–H and O–H groups in total. The third-order valence-corrected chi connectivity index (χ3v) is 9.95. The summed E-state index contributed by atoms with van der Waals surface area (Å²) in [6, 6.07) is 62.8. The number of fused-ring (bicyclic) bond motifs is 9. The smallest absolute Gasteiger partial charge is 0.00259 e.